The SMILES string of the molecule is CCCCCCCCCCCOC(=O)C=O. The lowest BCUT2D eigenvalue weighted by Crippen LogP contribution is -2.06. The van der Waals surface area contributed by atoms with Gasteiger partial charge >= 0.3 is 5.97 Å². The topological polar surface area (TPSA) is 43.4 Å². The fraction of sp³-hybridized carbons (Fsp3) is 0.846. The lowest BCUT2D eigenvalue weighted by atomic mass is 10.1. The third-order valence-corrected chi connectivity index (χ3v) is 2.59. The lowest BCUT2D eigenvalue weighted by molar-refractivity contribution is -0.148. The van der Waals surface area contributed by atoms with Crippen LogP contribution in [0.2, 0.25) is 0 Å². The Bertz CT molecular complexity index is 178. The number of rotatable bonds is 11. The van der Waals surface area contributed by atoms with Crippen LogP contribution in [0.1, 0.15) is 64.7 Å². The molecule has 0 aromatic rings. The molecule has 0 saturated carbocycles. The molecular weight excluding hydrogens is 204 g/mol. The number of hydrogen-bond donors (Lipinski definition) is 0. The smallest absolute Gasteiger partial charge is 0.371 e. The van der Waals surface area contributed by atoms with Crippen molar-refractivity contribution in [3.05, 3.63) is 0 Å². The van der Waals surface area contributed by atoms with Gasteiger partial charge in [0.25, 0.3) is 0 Å². The molecule has 0 radical (unpaired) electrons. The van der Waals surface area contributed by atoms with E-state index in [1.54, 1.807) is 0 Å². The van der Waals surface area contributed by atoms with E-state index in [2.05, 4.69) is 11.7 Å². The van der Waals surface area contributed by atoms with Crippen LogP contribution in [0.25, 0.3) is 0 Å². The van der Waals surface area contributed by atoms with Crippen molar-refractivity contribution in [3.8, 4) is 0 Å². The quantitative estimate of drug-likeness (QED) is 0.236. The molecule has 0 aliphatic rings. The first-order chi connectivity index (χ1) is 7.81. The Labute approximate surface area is 98.6 Å². The Hall–Kier alpha value is -0.860. The second kappa shape index (κ2) is 12.2. The van der Waals surface area contributed by atoms with E-state index in [1.165, 1.54) is 44.9 Å². The van der Waals surface area contributed by atoms with E-state index in [9.17, 15) is 9.59 Å². The highest BCUT2D eigenvalue weighted by atomic mass is 16.5. The molecule has 0 fully saturated rings. The van der Waals surface area contributed by atoms with Gasteiger partial charge in [-0.05, 0) is 6.42 Å². The number of hydrogen-bond acceptors (Lipinski definition) is 3. The van der Waals surface area contributed by atoms with Gasteiger partial charge in [-0.15, -0.1) is 0 Å². The van der Waals surface area contributed by atoms with Gasteiger partial charge in [-0.3, -0.25) is 4.79 Å². The maximum Gasteiger partial charge on any atom is 0.371 e. The summed E-state index contributed by atoms with van der Waals surface area (Å²) in [6.07, 6.45) is 11.3. The van der Waals surface area contributed by atoms with E-state index in [0.717, 1.165) is 12.8 Å². The van der Waals surface area contributed by atoms with Crippen molar-refractivity contribution in [2.75, 3.05) is 6.61 Å². The number of carbonyl (C=O) groups excluding carboxylic acids is 2. The average molecular weight is 228 g/mol. The fourth-order valence-electron chi connectivity index (χ4n) is 1.62. The van der Waals surface area contributed by atoms with Crippen LogP contribution in [0.4, 0.5) is 0 Å². The zero-order valence-electron chi connectivity index (χ0n) is 10.4. The molecule has 0 aliphatic carbocycles. The van der Waals surface area contributed by atoms with Crippen molar-refractivity contribution >= 4 is 12.3 Å². The van der Waals surface area contributed by atoms with Gasteiger partial charge in [0.1, 0.15) is 0 Å². The highest BCUT2D eigenvalue weighted by Gasteiger charge is 1.97. The van der Waals surface area contributed by atoms with Gasteiger partial charge in [0.05, 0.1) is 6.61 Å². The average Bonchev–Trinajstić information content (AvgIpc) is 2.31. The van der Waals surface area contributed by atoms with Gasteiger partial charge in [-0.2, -0.15) is 0 Å². The van der Waals surface area contributed by atoms with E-state index in [4.69, 9.17) is 0 Å². The number of carbonyl (C=O) groups is 2. The lowest BCUT2D eigenvalue weighted by Gasteiger charge is -2.02. The second-order valence-electron chi connectivity index (χ2n) is 4.11. The first-order valence-corrected chi connectivity index (χ1v) is 6.43. The molecule has 0 atom stereocenters. The molecule has 3 heteroatoms. The van der Waals surface area contributed by atoms with E-state index < -0.39 is 5.97 Å². The van der Waals surface area contributed by atoms with Crippen molar-refractivity contribution in [1.82, 2.24) is 0 Å². The highest BCUT2D eigenvalue weighted by molar-refractivity contribution is 6.20. The molecule has 0 heterocycles. The van der Waals surface area contributed by atoms with E-state index >= 15 is 0 Å². The summed E-state index contributed by atoms with van der Waals surface area (Å²) in [5.74, 6) is -0.750. The fourth-order valence-corrected chi connectivity index (χ4v) is 1.62. The van der Waals surface area contributed by atoms with Crippen molar-refractivity contribution in [2.24, 2.45) is 0 Å². The Balaban J connectivity index is 2.98. The first kappa shape index (κ1) is 15.1. The maximum atomic E-state index is 10.5. The normalized spacial score (nSPS) is 10.1. The molecule has 0 unspecified atom stereocenters. The summed E-state index contributed by atoms with van der Waals surface area (Å²) in [5, 5.41) is 0. The van der Waals surface area contributed by atoms with Crippen LogP contribution >= 0.6 is 0 Å². The number of aldehydes is 1. The molecule has 0 aliphatic heterocycles. The van der Waals surface area contributed by atoms with Crippen LogP contribution in [0.15, 0.2) is 0 Å². The molecule has 0 amide bonds. The number of esters is 1. The summed E-state index contributed by atoms with van der Waals surface area (Å²) in [5.41, 5.74) is 0. The number of ether oxygens (including phenoxy) is 1. The van der Waals surface area contributed by atoms with Gasteiger partial charge < -0.3 is 4.74 Å². The zero-order chi connectivity index (χ0) is 12.1. The molecule has 0 rings (SSSR count). The van der Waals surface area contributed by atoms with Crippen molar-refractivity contribution in [1.29, 1.82) is 0 Å². The minimum atomic E-state index is -0.750. The van der Waals surface area contributed by atoms with E-state index in [1.807, 2.05) is 0 Å². The van der Waals surface area contributed by atoms with Crippen LogP contribution < -0.4 is 0 Å². The Morgan fingerprint density at radius 1 is 0.938 bits per heavy atom. The predicted octanol–water partition coefficient (Wildman–Crippen LogP) is 3.26. The monoisotopic (exact) mass is 228 g/mol. The Morgan fingerprint density at radius 3 is 1.94 bits per heavy atom. The summed E-state index contributed by atoms with van der Waals surface area (Å²) in [6.45, 7) is 2.61. The molecular formula is C13H24O3. The largest absolute Gasteiger partial charge is 0.460 e. The summed E-state index contributed by atoms with van der Waals surface area (Å²) in [4.78, 5) is 20.4. The maximum absolute atomic E-state index is 10.5. The Morgan fingerprint density at radius 2 is 1.44 bits per heavy atom. The summed E-state index contributed by atoms with van der Waals surface area (Å²) < 4.78 is 4.64. The highest BCUT2D eigenvalue weighted by Crippen LogP contribution is 2.09. The van der Waals surface area contributed by atoms with Gasteiger partial charge in [-0.1, -0.05) is 58.3 Å². The van der Waals surface area contributed by atoms with Crippen LogP contribution in [-0.2, 0) is 14.3 Å². The third-order valence-electron chi connectivity index (χ3n) is 2.59. The third kappa shape index (κ3) is 11.2. The zero-order valence-corrected chi connectivity index (χ0v) is 10.4. The van der Waals surface area contributed by atoms with Gasteiger partial charge in [0.2, 0.25) is 6.29 Å². The number of unbranched alkanes of at least 4 members (excludes halogenated alkanes) is 8. The van der Waals surface area contributed by atoms with Crippen molar-refractivity contribution in [2.45, 2.75) is 64.7 Å². The van der Waals surface area contributed by atoms with E-state index in [-0.39, 0.29) is 6.29 Å². The first-order valence-electron chi connectivity index (χ1n) is 6.43. The molecule has 0 spiro atoms. The predicted molar refractivity (Wildman–Crippen MR) is 64.3 cm³/mol. The van der Waals surface area contributed by atoms with E-state index in [0.29, 0.717) is 6.61 Å². The molecule has 16 heavy (non-hydrogen) atoms. The minimum Gasteiger partial charge on any atom is -0.460 e. The molecule has 0 saturated heterocycles. The van der Waals surface area contributed by atoms with Gasteiger partial charge in [0.15, 0.2) is 0 Å². The molecule has 3 nitrogen and oxygen atoms in total. The summed E-state index contributed by atoms with van der Waals surface area (Å²) in [6, 6.07) is 0. The molecule has 0 aromatic heterocycles. The van der Waals surface area contributed by atoms with Crippen LogP contribution in [0.5, 0.6) is 0 Å². The summed E-state index contributed by atoms with van der Waals surface area (Å²) >= 11 is 0. The summed E-state index contributed by atoms with van der Waals surface area (Å²) in [7, 11) is 0. The van der Waals surface area contributed by atoms with Crippen molar-refractivity contribution in [3.63, 3.8) is 0 Å². The van der Waals surface area contributed by atoms with Crippen LogP contribution in [0.3, 0.4) is 0 Å². The van der Waals surface area contributed by atoms with Gasteiger partial charge in [-0.25, -0.2) is 4.79 Å². The van der Waals surface area contributed by atoms with Crippen molar-refractivity contribution < 1.29 is 14.3 Å². The standard InChI is InChI=1S/C13H24O3/c1-2-3-4-5-6-7-8-9-10-11-16-13(15)12-14/h12H,2-11H2,1H3. The molecule has 0 aromatic carbocycles. The minimum absolute atomic E-state index is 0.216. The van der Waals surface area contributed by atoms with Gasteiger partial charge in [0, 0.05) is 0 Å². The van der Waals surface area contributed by atoms with Crippen LogP contribution in [-0.4, -0.2) is 18.9 Å². The molecule has 0 N–H and O–H groups in total. The molecule has 0 bridgehead atoms. The van der Waals surface area contributed by atoms with Crippen LogP contribution in [0, 0.1) is 0 Å². The Kier molecular flexibility index (Phi) is 11.6. The second-order valence-corrected chi connectivity index (χ2v) is 4.11. The molecule has 94 valence electrons.